The van der Waals surface area contributed by atoms with Gasteiger partial charge in [0.15, 0.2) is 5.82 Å². The molecule has 0 spiro atoms. The molecule has 1 fully saturated rings. The average molecular weight is 259 g/mol. The Morgan fingerprint density at radius 2 is 2.37 bits per heavy atom. The maximum absolute atomic E-state index is 5.90. The molecule has 0 aromatic carbocycles. The van der Waals surface area contributed by atoms with Crippen LogP contribution < -0.4 is 10.6 Å². The van der Waals surface area contributed by atoms with Crippen molar-refractivity contribution in [3.05, 3.63) is 24.2 Å². The summed E-state index contributed by atoms with van der Waals surface area (Å²) in [5.74, 6) is 2.19. The fourth-order valence-corrected chi connectivity index (χ4v) is 2.21. The lowest BCUT2D eigenvalue weighted by molar-refractivity contribution is 0.423. The van der Waals surface area contributed by atoms with Gasteiger partial charge in [-0.25, -0.2) is 4.98 Å². The molecular formula is C13H17N5O. The van der Waals surface area contributed by atoms with E-state index < -0.39 is 0 Å². The third-order valence-corrected chi connectivity index (χ3v) is 3.33. The van der Waals surface area contributed by atoms with Crippen LogP contribution >= 0.6 is 0 Å². The predicted molar refractivity (Wildman–Crippen MR) is 71.7 cm³/mol. The standard InChI is InChI=1S/C13H17N5O/c1-2-11-16-13(19-17-11)9-3-4-12(15-7-9)18-6-5-10(14)8-18/h3-4,7,10H,2,5-6,8,14H2,1H3. The Hall–Kier alpha value is -1.95. The van der Waals surface area contributed by atoms with Crippen LogP contribution in [0.4, 0.5) is 5.82 Å². The zero-order valence-corrected chi connectivity index (χ0v) is 10.9. The molecule has 19 heavy (non-hydrogen) atoms. The molecule has 1 aliphatic rings. The first-order valence-electron chi connectivity index (χ1n) is 6.56. The molecule has 6 heteroatoms. The number of hydrogen-bond donors (Lipinski definition) is 1. The summed E-state index contributed by atoms with van der Waals surface area (Å²) < 4.78 is 5.19. The first-order valence-corrected chi connectivity index (χ1v) is 6.56. The zero-order chi connectivity index (χ0) is 13.2. The molecule has 0 radical (unpaired) electrons. The largest absolute Gasteiger partial charge is 0.355 e. The highest BCUT2D eigenvalue weighted by Gasteiger charge is 2.20. The van der Waals surface area contributed by atoms with E-state index in [1.54, 1.807) is 6.20 Å². The van der Waals surface area contributed by atoms with Gasteiger partial charge in [0.25, 0.3) is 5.89 Å². The van der Waals surface area contributed by atoms with Gasteiger partial charge >= 0.3 is 0 Å². The van der Waals surface area contributed by atoms with E-state index >= 15 is 0 Å². The van der Waals surface area contributed by atoms with Gasteiger partial charge in [0.05, 0.1) is 5.56 Å². The molecule has 6 nitrogen and oxygen atoms in total. The number of rotatable bonds is 3. The number of hydrogen-bond acceptors (Lipinski definition) is 6. The van der Waals surface area contributed by atoms with Crippen molar-refractivity contribution >= 4 is 5.82 Å². The lowest BCUT2D eigenvalue weighted by Crippen LogP contribution is -2.26. The number of anilines is 1. The summed E-state index contributed by atoms with van der Waals surface area (Å²) in [6, 6.07) is 4.19. The molecular weight excluding hydrogens is 242 g/mol. The Bertz CT molecular complexity index is 550. The number of pyridine rings is 1. The molecule has 2 N–H and O–H groups in total. The third-order valence-electron chi connectivity index (χ3n) is 3.33. The number of nitrogens with zero attached hydrogens (tertiary/aromatic N) is 4. The van der Waals surface area contributed by atoms with Gasteiger partial charge in [-0.1, -0.05) is 12.1 Å². The van der Waals surface area contributed by atoms with Crippen molar-refractivity contribution in [3.63, 3.8) is 0 Å². The quantitative estimate of drug-likeness (QED) is 0.893. The van der Waals surface area contributed by atoms with Gasteiger partial charge in [-0.2, -0.15) is 4.98 Å². The smallest absolute Gasteiger partial charge is 0.259 e. The summed E-state index contributed by atoms with van der Waals surface area (Å²) in [4.78, 5) is 10.9. The first kappa shape index (κ1) is 12.1. The Morgan fingerprint density at radius 1 is 1.47 bits per heavy atom. The normalized spacial score (nSPS) is 19.1. The molecule has 3 heterocycles. The van der Waals surface area contributed by atoms with Crippen molar-refractivity contribution in [2.45, 2.75) is 25.8 Å². The van der Waals surface area contributed by atoms with Crippen LogP contribution in [0.15, 0.2) is 22.9 Å². The van der Waals surface area contributed by atoms with E-state index in [1.807, 2.05) is 19.1 Å². The monoisotopic (exact) mass is 259 g/mol. The highest BCUT2D eigenvalue weighted by Crippen LogP contribution is 2.21. The molecule has 1 atom stereocenters. The Labute approximate surface area is 111 Å². The van der Waals surface area contributed by atoms with Crippen LogP contribution in [0, 0.1) is 0 Å². The maximum Gasteiger partial charge on any atom is 0.259 e. The number of aromatic nitrogens is 3. The summed E-state index contributed by atoms with van der Waals surface area (Å²) in [5, 5.41) is 3.88. The van der Waals surface area contributed by atoms with Gasteiger partial charge in [-0.15, -0.1) is 0 Å². The van der Waals surface area contributed by atoms with Gasteiger partial charge < -0.3 is 15.2 Å². The van der Waals surface area contributed by atoms with E-state index in [9.17, 15) is 0 Å². The van der Waals surface area contributed by atoms with Gasteiger partial charge in [0.1, 0.15) is 5.82 Å². The maximum atomic E-state index is 5.90. The van der Waals surface area contributed by atoms with Crippen molar-refractivity contribution in [1.82, 2.24) is 15.1 Å². The topological polar surface area (TPSA) is 81.1 Å². The summed E-state index contributed by atoms with van der Waals surface area (Å²) in [6.07, 6.45) is 3.56. The van der Waals surface area contributed by atoms with Gasteiger partial charge in [-0.05, 0) is 18.6 Å². The number of nitrogens with two attached hydrogens (primary N) is 1. The van der Waals surface area contributed by atoms with E-state index in [2.05, 4.69) is 20.0 Å². The van der Waals surface area contributed by atoms with Crippen LogP contribution in [0.5, 0.6) is 0 Å². The molecule has 100 valence electrons. The van der Waals surface area contributed by atoms with Crippen molar-refractivity contribution in [1.29, 1.82) is 0 Å². The second kappa shape index (κ2) is 4.97. The minimum Gasteiger partial charge on any atom is -0.355 e. The van der Waals surface area contributed by atoms with Crippen molar-refractivity contribution in [3.8, 4) is 11.5 Å². The van der Waals surface area contributed by atoms with Gasteiger partial charge in [0.2, 0.25) is 0 Å². The SMILES string of the molecule is CCc1noc(-c2ccc(N3CCC(N)C3)nc2)n1. The Morgan fingerprint density at radius 3 is 2.95 bits per heavy atom. The van der Waals surface area contributed by atoms with Crippen LogP contribution in [-0.2, 0) is 6.42 Å². The lowest BCUT2D eigenvalue weighted by atomic mass is 10.3. The average Bonchev–Trinajstić information content (AvgIpc) is 3.07. The van der Waals surface area contributed by atoms with E-state index in [0.29, 0.717) is 11.7 Å². The molecule has 2 aromatic rings. The molecule has 3 rings (SSSR count). The summed E-state index contributed by atoms with van der Waals surface area (Å²) in [6.45, 7) is 3.83. The Kier molecular flexibility index (Phi) is 3.16. The van der Waals surface area contributed by atoms with Crippen molar-refractivity contribution in [2.24, 2.45) is 5.73 Å². The van der Waals surface area contributed by atoms with Crippen LogP contribution in [0.2, 0.25) is 0 Å². The van der Waals surface area contributed by atoms with E-state index in [0.717, 1.165) is 37.3 Å². The van der Waals surface area contributed by atoms with E-state index in [4.69, 9.17) is 10.3 Å². The van der Waals surface area contributed by atoms with Crippen LogP contribution in [-0.4, -0.2) is 34.3 Å². The van der Waals surface area contributed by atoms with Gasteiger partial charge in [0, 0.05) is 31.7 Å². The molecule has 1 unspecified atom stereocenters. The minimum atomic E-state index is 0.254. The fraction of sp³-hybridized carbons (Fsp3) is 0.462. The highest BCUT2D eigenvalue weighted by molar-refractivity contribution is 5.55. The van der Waals surface area contributed by atoms with Crippen LogP contribution in [0.3, 0.4) is 0 Å². The first-order chi connectivity index (χ1) is 9.26. The van der Waals surface area contributed by atoms with Crippen molar-refractivity contribution in [2.75, 3.05) is 18.0 Å². The highest BCUT2D eigenvalue weighted by atomic mass is 16.5. The second-order valence-electron chi connectivity index (χ2n) is 4.77. The lowest BCUT2D eigenvalue weighted by Gasteiger charge is -2.16. The molecule has 1 saturated heterocycles. The molecule has 0 aliphatic carbocycles. The van der Waals surface area contributed by atoms with Crippen molar-refractivity contribution < 1.29 is 4.52 Å². The Balaban J connectivity index is 1.78. The molecule has 0 bridgehead atoms. The van der Waals surface area contributed by atoms with E-state index in [1.165, 1.54) is 0 Å². The summed E-state index contributed by atoms with van der Waals surface area (Å²) in [5.41, 5.74) is 6.75. The third kappa shape index (κ3) is 2.44. The molecule has 2 aromatic heterocycles. The van der Waals surface area contributed by atoms with Crippen LogP contribution in [0.25, 0.3) is 11.5 Å². The second-order valence-corrected chi connectivity index (χ2v) is 4.77. The fourth-order valence-electron chi connectivity index (χ4n) is 2.21. The molecule has 0 amide bonds. The summed E-state index contributed by atoms with van der Waals surface area (Å²) >= 11 is 0. The number of aryl methyl sites for hydroxylation is 1. The summed E-state index contributed by atoms with van der Waals surface area (Å²) in [7, 11) is 0. The predicted octanol–water partition coefficient (Wildman–Crippen LogP) is 1.23. The zero-order valence-electron chi connectivity index (χ0n) is 10.9. The van der Waals surface area contributed by atoms with Crippen LogP contribution in [0.1, 0.15) is 19.2 Å². The molecule has 0 saturated carbocycles. The van der Waals surface area contributed by atoms with Gasteiger partial charge in [-0.3, -0.25) is 0 Å². The molecule has 1 aliphatic heterocycles. The van der Waals surface area contributed by atoms with E-state index in [-0.39, 0.29) is 6.04 Å². The minimum absolute atomic E-state index is 0.254.